The number of carbonyl (C=O) groups excluding carboxylic acids is 1. The minimum absolute atomic E-state index is 0.0192. The summed E-state index contributed by atoms with van der Waals surface area (Å²) in [5, 5.41) is 11.4. The average molecular weight is 418 g/mol. The molecule has 8 nitrogen and oxygen atoms in total. The van der Waals surface area contributed by atoms with Crippen LogP contribution in [0.5, 0.6) is 0 Å². The van der Waals surface area contributed by atoms with Crippen LogP contribution in [0.4, 0.5) is 10.4 Å². The van der Waals surface area contributed by atoms with Crippen LogP contribution in [0, 0.1) is 11.7 Å². The van der Waals surface area contributed by atoms with E-state index in [0.29, 0.717) is 18.5 Å². The van der Waals surface area contributed by atoms with Crippen molar-refractivity contribution in [3.63, 3.8) is 0 Å². The Morgan fingerprint density at radius 2 is 1.94 bits per heavy atom. The van der Waals surface area contributed by atoms with E-state index in [-0.39, 0.29) is 29.2 Å². The number of hydrogen-bond acceptors (Lipinski definition) is 6. The fourth-order valence-electron chi connectivity index (χ4n) is 4.88. The Balaban J connectivity index is 1.28. The lowest BCUT2D eigenvalue weighted by atomic mass is 10.0. The van der Waals surface area contributed by atoms with Gasteiger partial charge in [0.15, 0.2) is 11.4 Å². The van der Waals surface area contributed by atoms with Gasteiger partial charge in [-0.1, -0.05) is 18.2 Å². The number of benzene rings is 2. The van der Waals surface area contributed by atoms with Crippen molar-refractivity contribution >= 4 is 23.0 Å². The molecule has 9 heteroatoms. The maximum atomic E-state index is 14.6. The molecule has 1 saturated heterocycles. The summed E-state index contributed by atoms with van der Waals surface area (Å²) in [5.74, 6) is -0.369. The Hall–Kier alpha value is -3.75. The van der Waals surface area contributed by atoms with Crippen LogP contribution < -0.4 is 5.32 Å². The number of nitrogens with one attached hydrogen (secondary N) is 1. The molecule has 156 valence electrons. The molecule has 0 spiro atoms. The third-order valence-electron chi connectivity index (χ3n) is 6.18. The Morgan fingerprint density at radius 3 is 2.74 bits per heavy atom. The Morgan fingerprint density at radius 1 is 1.10 bits per heavy atom. The second-order valence-electron chi connectivity index (χ2n) is 8.05. The smallest absolute Gasteiger partial charge is 0.295 e. The molecular weight excluding hydrogens is 399 g/mol. The van der Waals surface area contributed by atoms with E-state index in [2.05, 4.69) is 20.5 Å². The first-order valence-electron chi connectivity index (χ1n) is 10.3. The van der Waals surface area contributed by atoms with Crippen LogP contribution in [-0.2, 0) is 0 Å². The van der Waals surface area contributed by atoms with E-state index < -0.39 is 5.82 Å². The summed E-state index contributed by atoms with van der Waals surface area (Å²) < 4.78 is 20.4. The summed E-state index contributed by atoms with van der Waals surface area (Å²) in [7, 11) is 0. The third kappa shape index (κ3) is 2.96. The molecule has 1 saturated carbocycles. The van der Waals surface area contributed by atoms with E-state index in [1.54, 1.807) is 6.07 Å². The molecule has 31 heavy (non-hydrogen) atoms. The summed E-state index contributed by atoms with van der Waals surface area (Å²) in [6.45, 7) is 0.651. The first-order chi connectivity index (χ1) is 15.2. The van der Waals surface area contributed by atoms with E-state index in [1.165, 1.54) is 24.5 Å². The van der Waals surface area contributed by atoms with Crippen LogP contribution in [-0.4, -0.2) is 49.4 Å². The molecule has 4 aromatic rings. The number of anilines is 1. The zero-order valence-electron chi connectivity index (χ0n) is 16.5. The van der Waals surface area contributed by atoms with Gasteiger partial charge in [-0.25, -0.2) is 4.39 Å². The molecule has 1 aliphatic heterocycles. The first kappa shape index (κ1) is 18.1. The van der Waals surface area contributed by atoms with Crippen molar-refractivity contribution < 1.29 is 13.6 Å². The second kappa shape index (κ2) is 6.90. The molecule has 0 radical (unpaired) electrons. The summed E-state index contributed by atoms with van der Waals surface area (Å²) in [5.41, 5.74) is 1.84. The van der Waals surface area contributed by atoms with Crippen LogP contribution in [0.3, 0.4) is 0 Å². The highest BCUT2D eigenvalue weighted by atomic mass is 19.1. The van der Waals surface area contributed by atoms with Gasteiger partial charge in [0.05, 0.1) is 30.0 Å². The number of fused-ring (bicyclic) bond motifs is 3. The fraction of sp³-hybridized carbons (Fsp3) is 0.273. The van der Waals surface area contributed by atoms with Gasteiger partial charge in [-0.15, -0.1) is 4.80 Å². The van der Waals surface area contributed by atoms with E-state index >= 15 is 0 Å². The van der Waals surface area contributed by atoms with E-state index in [9.17, 15) is 9.18 Å². The number of nitrogens with zero attached hydrogens (tertiary/aromatic N) is 5. The van der Waals surface area contributed by atoms with Crippen LogP contribution in [0.25, 0.3) is 16.8 Å². The zero-order chi connectivity index (χ0) is 20.9. The van der Waals surface area contributed by atoms with Gasteiger partial charge in [-0.3, -0.25) is 4.79 Å². The summed E-state index contributed by atoms with van der Waals surface area (Å²) in [6, 6.07) is 12.5. The van der Waals surface area contributed by atoms with Crippen molar-refractivity contribution in [1.29, 1.82) is 0 Å². The number of halogens is 1. The number of rotatable bonds is 4. The highest BCUT2D eigenvalue weighted by molar-refractivity contribution is 5.98. The zero-order valence-corrected chi connectivity index (χ0v) is 16.5. The van der Waals surface area contributed by atoms with E-state index in [4.69, 9.17) is 4.42 Å². The number of carbonyl (C=O) groups is 1. The normalized spacial score (nSPS) is 22.4. The Labute approximate surface area is 176 Å². The number of oxazole rings is 1. The largest absolute Gasteiger partial charge is 0.424 e. The molecule has 0 unspecified atom stereocenters. The third-order valence-corrected chi connectivity index (χ3v) is 6.18. The lowest BCUT2D eigenvalue weighted by molar-refractivity contribution is 0.0690. The average Bonchev–Trinajstić information content (AvgIpc) is 3.56. The van der Waals surface area contributed by atoms with Crippen molar-refractivity contribution in [2.24, 2.45) is 5.92 Å². The van der Waals surface area contributed by atoms with Gasteiger partial charge in [0, 0.05) is 6.54 Å². The lowest BCUT2D eigenvalue weighted by Crippen LogP contribution is -2.48. The predicted octanol–water partition coefficient (Wildman–Crippen LogP) is 3.26. The Kier molecular flexibility index (Phi) is 4.02. The maximum absolute atomic E-state index is 14.6. The van der Waals surface area contributed by atoms with Crippen molar-refractivity contribution in [2.45, 2.75) is 24.9 Å². The van der Waals surface area contributed by atoms with Gasteiger partial charge in [-0.05, 0) is 43.0 Å². The molecule has 1 aliphatic carbocycles. The molecule has 1 amide bonds. The summed E-state index contributed by atoms with van der Waals surface area (Å²) in [6.07, 6.45) is 4.75. The molecular formula is C22H19FN6O2. The highest BCUT2D eigenvalue weighted by Crippen LogP contribution is 2.40. The van der Waals surface area contributed by atoms with Crippen molar-refractivity contribution in [3.05, 3.63) is 66.2 Å². The van der Waals surface area contributed by atoms with Crippen molar-refractivity contribution in [2.75, 3.05) is 11.9 Å². The molecule has 2 aromatic heterocycles. The topological polar surface area (TPSA) is 89.1 Å². The predicted molar refractivity (Wildman–Crippen MR) is 110 cm³/mol. The van der Waals surface area contributed by atoms with E-state index in [1.807, 2.05) is 29.2 Å². The molecule has 1 N–H and O–H groups in total. The maximum Gasteiger partial charge on any atom is 0.295 e. The van der Waals surface area contributed by atoms with Gasteiger partial charge < -0.3 is 14.6 Å². The highest BCUT2D eigenvalue weighted by Gasteiger charge is 2.48. The van der Waals surface area contributed by atoms with Crippen molar-refractivity contribution in [3.8, 4) is 5.69 Å². The minimum atomic E-state index is -0.535. The monoisotopic (exact) mass is 418 g/mol. The molecule has 3 atom stereocenters. The SMILES string of the molecule is O=C(c1cccc(F)c1-n1nccn1)N1C[C@H]2C[C@@H](Nc3nc4ccccc4o3)[C@@H]1C2. The molecule has 6 rings (SSSR count). The molecule has 2 aliphatic rings. The standard InChI is InChI=1S/C22H19FN6O2/c23-15-5-3-4-14(20(15)29-24-8-9-25-29)21(30)28-12-13-10-17(18(28)11-13)27-22-26-16-6-1-2-7-19(16)31-22/h1-9,13,17-18H,10-12H2,(H,26,27)/t13-,17+,18-/m0/s1. The number of amides is 1. The molecule has 2 fully saturated rings. The number of piperidine rings is 1. The van der Waals surface area contributed by atoms with Crippen LogP contribution in [0.15, 0.2) is 59.3 Å². The van der Waals surface area contributed by atoms with Gasteiger partial charge in [-0.2, -0.15) is 15.2 Å². The fourth-order valence-corrected chi connectivity index (χ4v) is 4.88. The number of hydrogen-bond donors (Lipinski definition) is 1. The quantitative estimate of drug-likeness (QED) is 0.547. The minimum Gasteiger partial charge on any atom is -0.424 e. The van der Waals surface area contributed by atoms with Crippen molar-refractivity contribution in [1.82, 2.24) is 24.9 Å². The van der Waals surface area contributed by atoms with Crippen LogP contribution in [0.1, 0.15) is 23.2 Å². The van der Waals surface area contributed by atoms with Gasteiger partial charge in [0.1, 0.15) is 11.2 Å². The lowest BCUT2D eigenvalue weighted by Gasteiger charge is -2.33. The number of para-hydroxylation sites is 3. The van der Waals surface area contributed by atoms with Gasteiger partial charge in [0.2, 0.25) is 0 Å². The first-order valence-corrected chi connectivity index (χ1v) is 10.3. The van der Waals surface area contributed by atoms with Gasteiger partial charge in [0.25, 0.3) is 11.9 Å². The second-order valence-corrected chi connectivity index (χ2v) is 8.05. The number of likely N-dealkylation sites (tertiary alicyclic amines) is 1. The molecule has 2 aromatic carbocycles. The summed E-state index contributed by atoms with van der Waals surface area (Å²) in [4.78, 5) is 21.0. The van der Waals surface area contributed by atoms with Gasteiger partial charge >= 0.3 is 0 Å². The number of aromatic nitrogens is 4. The molecule has 2 bridgehead atoms. The van der Waals surface area contributed by atoms with Crippen LogP contribution >= 0.6 is 0 Å². The van der Waals surface area contributed by atoms with E-state index in [0.717, 1.165) is 28.7 Å². The Bertz CT molecular complexity index is 1240. The van der Waals surface area contributed by atoms with Crippen LogP contribution in [0.2, 0.25) is 0 Å². The molecule has 3 heterocycles. The summed E-state index contributed by atoms with van der Waals surface area (Å²) >= 11 is 0.